The van der Waals surface area contributed by atoms with E-state index >= 15 is 0 Å². The first-order chi connectivity index (χ1) is 18.3. The predicted molar refractivity (Wildman–Crippen MR) is 150 cm³/mol. The van der Waals surface area contributed by atoms with Gasteiger partial charge in [0.05, 0.1) is 6.04 Å². The summed E-state index contributed by atoms with van der Waals surface area (Å²) in [6.07, 6.45) is 10.0. The minimum Gasteiger partial charge on any atom is -0.444 e. The quantitative estimate of drug-likeness (QED) is 0.310. The van der Waals surface area contributed by atoms with Crippen LogP contribution in [0, 0.1) is 5.92 Å². The summed E-state index contributed by atoms with van der Waals surface area (Å²) < 4.78 is 11.3. The minimum atomic E-state index is -0.533. The number of ether oxygens (including phenoxy) is 1. The summed E-state index contributed by atoms with van der Waals surface area (Å²) in [6, 6.07) is 16.7. The van der Waals surface area contributed by atoms with Crippen molar-refractivity contribution in [1.29, 1.82) is 0 Å². The molecule has 5 rings (SSSR count). The molecular weight excluding hydrogens is 474 g/mol. The van der Waals surface area contributed by atoms with Crippen LogP contribution in [0.3, 0.4) is 0 Å². The molecule has 1 saturated heterocycles. The smallest absolute Gasteiger partial charge is 0.410 e. The van der Waals surface area contributed by atoms with Gasteiger partial charge in [0.25, 0.3) is 5.89 Å². The zero-order chi connectivity index (χ0) is 26.7. The maximum Gasteiger partial charge on any atom is 0.410 e. The van der Waals surface area contributed by atoms with Crippen LogP contribution in [0.25, 0.3) is 22.8 Å². The van der Waals surface area contributed by atoms with Crippen molar-refractivity contribution in [1.82, 2.24) is 15.0 Å². The fourth-order valence-electron chi connectivity index (χ4n) is 5.81. The van der Waals surface area contributed by atoms with E-state index in [0.717, 1.165) is 29.5 Å². The second kappa shape index (κ2) is 11.1. The van der Waals surface area contributed by atoms with Gasteiger partial charge in [0.15, 0.2) is 0 Å². The van der Waals surface area contributed by atoms with Crippen LogP contribution in [0.2, 0.25) is 0 Å². The van der Waals surface area contributed by atoms with E-state index < -0.39 is 5.60 Å². The van der Waals surface area contributed by atoms with Crippen molar-refractivity contribution in [2.75, 3.05) is 6.54 Å². The third-order valence-corrected chi connectivity index (χ3v) is 7.73. The number of hydrogen-bond donors (Lipinski definition) is 0. The summed E-state index contributed by atoms with van der Waals surface area (Å²) in [5.41, 5.74) is 3.77. The van der Waals surface area contributed by atoms with E-state index in [0.29, 0.717) is 30.1 Å². The van der Waals surface area contributed by atoms with Gasteiger partial charge in [0.1, 0.15) is 5.60 Å². The van der Waals surface area contributed by atoms with E-state index in [1.165, 1.54) is 37.7 Å². The van der Waals surface area contributed by atoms with Crippen molar-refractivity contribution in [2.24, 2.45) is 5.92 Å². The molecule has 1 saturated carbocycles. The largest absolute Gasteiger partial charge is 0.444 e. The molecule has 2 heterocycles. The van der Waals surface area contributed by atoms with Crippen molar-refractivity contribution in [3.8, 4) is 22.8 Å². The van der Waals surface area contributed by atoms with E-state index in [9.17, 15) is 4.79 Å². The zero-order valence-electron chi connectivity index (χ0n) is 22.9. The minimum absolute atomic E-state index is 0.0349. The Bertz CT molecular complexity index is 1230. The number of nitrogens with zero attached hydrogens (tertiary/aromatic N) is 3. The Labute approximate surface area is 226 Å². The average molecular weight is 514 g/mol. The van der Waals surface area contributed by atoms with E-state index in [-0.39, 0.29) is 12.1 Å². The molecule has 200 valence electrons. The van der Waals surface area contributed by atoms with Crippen LogP contribution >= 0.6 is 0 Å². The predicted octanol–water partition coefficient (Wildman–Crippen LogP) is 8.33. The molecule has 1 amide bonds. The molecule has 2 fully saturated rings. The van der Waals surface area contributed by atoms with Crippen LogP contribution in [0.4, 0.5) is 4.79 Å². The Balaban J connectivity index is 1.30. The van der Waals surface area contributed by atoms with Gasteiger partial charge in [-0.15, -0.1) is 6.58 Å². The molecule has 2 unspecified atom stereocenters. The number of carbonyl (C=O) groups excluding carboxylic acids is 1. The third-order valence-electron chi connectivity index (χ3n) is 7.73. The Kier molecular flexibility index (Phi) is 7.68. The number of allylic oxidation sites excluding steroid dienone is 1. The molecule has 2 aromatic carbocycles. The monoisotopic (exact) mass is 513 g/mol. The molecular formula is C32H39N3O3. The second-order valence-electron chi connectivity index (χ2n) is 11.8. The van der Waals surface area contributed by atoms with E-state index in [4.69, 9.17) is 9.26 Å². The maximum absolute atomic E-state index is 13.0. The fraction of sp³-hybridized carbons (Fsp3) is 0.469. The van der Waals surface area contributed by atoms with Crippen LogP contribution in [0.5, 0.6) is 0 Å². The first-order valence-corrected chi connectivity index (χ1v) is 14.0. The highest BCUT2D eigenvalue weighted by atomic mass is 16.6. The summed E-state index contributed by atoms with van der Waals surface area (Å²) >= 11 is 0. The van der Waals surface area contributed by atoms with Gasteiger partial charge >= 0.3 is 6.09 Å². The van der Waals surface area contributed by atoms with Crippen molar-refractivity contribution >= 4 is 6.09 Å². The molecule has 3 aromatic rings. The average Bonchev–Trinajstić information content (AvgIpc) is 3.57. The lowest BCUT2D eigenvalue weighted by molar-refractivity contribution is 0.0219. The van der Waals surface area contributed by atoms with Gasteiger partial charge in [-0.05, 0) is 81.5 Å². The van der Waals surface area contributed by atoms with Crippen molar-refractivity contribution < 1.29 is 14.1 Å². The molecule has 38 heavy (non-hydrogen) atoms. The molecule has 0 spiro atoms. The summed E-state index contributed by atoms with van der Waals surface area (Å²) in [4.78, 5) is 19.5. The number of benzene rings is 2. The second-order valence-corrected chi connectivity index (χ2v) is 11.8. The molecule has 2 aliphatic rings. The van der Waals surface area contributed by atoms with Crippen molar-refractivity contribution in [3.63, 3.8) is 0 Å². The topological polar surface area (TPSA) is 68.5 Å². The van der Waals surface area contributed by atoms with Gasteiger partial charge in [-0.25, -0.2) is 4.79 Å². The van der Waals surface area contributed by atoms with Crippen LogP contribution in [0.15, 0.2) is 65.7 Å². The van der Waals surface area contributed by atoms with E-state index in [1.54, 1.807) is 0 Å². The van der Waals surface area contributed by atoms with Crippen LogP contribution < -0.4 is 0 Å². The maximum atomic E-state index is 13.0. The lowest BCUT2D eigenvalue weighted by Gasteiger charge is -2.29. The van der Waals surface area contributed by atoms with Gasteiger partial charge in [-0.1, -0.05) is 66.9 Å². The van der Waals surface area contributed by atoms with Gasteiger partial charge < -0.3 is 14.2 Å². The summed E-state index contributed by atoms with van der Waals surface area (Å²) in [5, 5.41) is 4.24. The Morgan fingerprint density at radius 2 is 1.68 bits per heavy atom. The number of likely N-dealkylation sites (tertiary alicyclic amines) is 1. The molecule has 1 aliphatic carbocycles. The Morgan fingerprint density at radius 1 is 1.03 bits per heavy atom. The molecule has 0 radical (unpaired) electrons. The van der Waals surface area contributed by atoms with Crippen LogP contribution in [-0.2, 0) is 4.74 Å². The van der Waals surface area contributed by atoms with Crippen LogP contribution in [-0.4, -0.2) is 33.3 Å². The lowest BCUT2D eigenvalue weighted by atomic mass is 9.84. The zero-order valence-corrected chi connectivity index (χ0v) is 22.9. The van der Waals surface area contributed by atoms with Gasteiger partial charge in [0.2, 0.25) is 5.82 Å². The molecule has 0 bridgehead atoms. The normalized spacial score (nSPS) is 20.4. The number of hydrogen-bond acceptors (Lipinski definition) is 5. The van der Waals surface area contributed by atoms with E-state index in [1.807, 2.05) is 43.9 Å². The van der Waals surface area contributed by atoms with Gasteiger partial charge in [-0.2, -0.15) is 4.98 Å². The van der Waals surface area contributed by atoms with Gasteiger partial charge in [-0.3, -0.25) is 0 Å². The first-order valence-electron chi connectivity index (χ1n) is 14.0. The van der Waals surface area contributed by atoms with E-state index in [2.05, 4.69) is 53.1 Å². The number of aromatic nitrogens is 2. The lowest BCUT2D eigenvalue weighted by Crippen LogP contribution is -2.36. The van der Waals surface area contributed by atoms with Crippen molar-refractivity contribution in [3.05, 3.63) is 72.3 Å². The fourth-order valence-corrected chi connectivity index (χ4v) is 5.81. The Hall–Kier alpha value is -3.41. The number of amides is 1. The standard InChI is InChI=1S/C32H39N3O3/c1-5-9-22-20-28(35(21-22)31(36)37-32(2,3)4)25-14-16-26(17-15-25)29-33-30(38-34-29)27-18-12-24(13-19-27)23-10-7-6-8-11-23/h5,12-19,22-23,28H,1,6-11,20-21H2,2-4H3. The highest BCUT2D eigenvalue weighted by Gasteiger charge is 2.37. The van der Waals surface area contributed by atoms with Crippen molar-refractivity contribution in [2.45, 2.75) is 83.3 Å². The molecule has 1 aromatic heterocycles. The van der Waals surface area contributed by atoms with Crippen LogP contribution in [0.1, 0.15) is 88.8 Å². The highest BCUT2D eigenvalue weighted by Crippen LogP contribution is 2.39. The number of rotatable bonds is 6. The number of carbonyl (C=O) groups is 1. The highest BCUT2D eigenvalue weighted by molar-refractivity contribution is 5.69. The SMILES string of the molecule is C=CCC1CC(c2ccc(-c3noc(-c4ccc(C5CCCCC5)cc4)n3)cc2)N(C(=O)OC(C)(C)C)C1. The summed E-state index contributed by atoms with van der Waals surface area (Å²) in [6.45, 7) is 10.3. The molecule has 0 N–H and O–H groups in total. The molecule has 2 atom stereocenters. The Morgan fingerprint density at radius 3 is 2.34 bits per heavy atom. The molecule has 6 heteroatoms. The molecule has 1 aliphatic heterocycles. The van der Waals surface area contributed by atoms with Gasteiger partial charge in [0, 0.05) is 17.7 Å². The molecule has 6 nitrogen and oxygen atoms in total. The first kappa shape index (κ1) is 26.2. The third kappa shape index (κ3) is 6.01. The summed E-state index contributed by atoms with van der Waals surface area (Å²) in [7, 11) is 0. The summed E-state index contributed by atoms with van der Waals surface area (Å²) in [5.74, 6) is 2.13.